The van der Waals surface area contributed by atoms with Gasteiger partial charge in [0.1, 0.15) is 12.4 Å². The van der Waals surface area contributed by atoms with Gasteiger partial charge in [-0.1, -0.05) is 41.6 Å². The maximum absolute atomic E-state index is 13.4. The minimum absolute atomic E-state index is 0.206. The molecule has 8 heteroatoms. The molecule has 0 radical (unpaired) electrons. The van der Waals surface area contributed by atoms with Crippen molar-refractivity contribution in [3.63, 3.8) is 0 Å². The van der Waals surface area contributed by atoms with E-state index in [0.29, 0.717) is 18.9 Å². The molecule has 3 heterocycles. The summed E-state index contributed by atoms with van der Waals surface area (Å²) in [5.74, 6) is 0.612. The number of aromatic nitrogens is 3. The Kier molecular flexibility index (Phi) is 6.31. The topological polar surface area (TPSA) is 81.8 Å². The molecule has 0 atom stereocenters. The zero-order valence-electron chi connectivity index (χ0n) is 18.9. The average Bonchev–Trinajstić information content (AvgIpc) is 3.35. The van der Waals surface area contributed by atoms with E-state index in [-0.39, 0.29) is 12.5 Å². The van der Waals surface area contributed by atoms with Crippen LogP contribution in [0.1, 0.15) is 23.4 Å². The number of fused-ring (bicyclic) bond motifs is 2. The molecule has 0 saturated heterocycles. The number of benzene rings is 2. The maximum Gasteiger partial charge on any atom is 0.281 e. The largest absolute Gasteiger partial charge is 0.390 e. The summed E-state index contributed by atoms with van der Waals surface area (Å²) in [6.45, 7) is 1.98. The first-order valence-corrected chi connectivity index (χ1v) is 11.2. The summed E-state index contributed by atoms with van der Waals surface area (Å²) in [4.78, 5) is 29.6. The normalized spacial score (nSPS) is 14.2. The highest BCUT2D eigenvalue weighted by Gasteiger charge is 2.35. The van der Waals surface area contributed by atoms with Gasteiger partial charge in [-0.15, -0.1) is 0 Å². The second-order valence-electron chi connectivity index (χ2n) is 8.00. The molecule has 0 fully saturated rings. The molecule has 1 aliphatic rings. The van der Waals surface area contributed by atoms with Gasteiger partial charge in [-0.3, -0.25) is 14.7 Å². The van der Waals surface area contributed by atoms with E-state index in [1.807, 2.05) is 54.6 Å². The summed E-state index contributed by atoms with van der Waals surface area (Å²) in [6.07, 6.45) is 4.26. The summed E-state index contributed by atoms with van der Waals surface area (Å²) >= 11 is 0. The van der Waals surface area contributed by atoms with Crippen molar-refractivity contribution >= 4 is 28.3 Å². The lowest BCUT2D eigenvalue weighted by molar-refractivity contribution is -0.112. The molecule has 0 aliphatic carbocycles. The third-order valence-electron chi connectivity index (χ3n) is 5.77. The van der Waals surface area contributed by atoms with Crippen LogP contribution < -0.4 is 4.90 Å². The third kappa shape index (κ3) is 4.27. The van der Waals surface area contributed by atoms with Crippen molar-refractivity contribution in [2.24, 2.45) is 5.16 Å². The Bertz CT molecular complexity index is 1330. The van der Waals surface area contributed by atoms with Crippen molar-refractivity contribution in [2.45, 2.75) is 26.1 Å². The smallest absolute Gasteiger partial charge is 0.281 e. The van der Waals surface area contributed by atoms with Crippen LogP contribution in [-0.2, 0) is 34.1 Å². The van der Waals surface area contributed by atoms with Crippen LogP contribution in [0.2, 0.25) is 0 Å². The van der Waals surface area contributed by atoms with E-state index in [1.165, 1.54) is 0 Å². The molecule has 2 aromatic carbocycles. The van der Waals surface area contributed by atoms with Crippen molar-refractivity contribution in [2.75, 3.05) is 18.6 Å². The van der Waals surface area contributed by atoms with Crippen LogP contribution in [0.15, 0.2) is 78.2 Å². The standard InChI is InChI=1S/C26H25N5O3/c1-33-15-7-14-30-23-12-5-3-10-21(23)28-24(30)17-31-22-11-4-2-9-20(22)25(26(31)32)29-34-18-19-8-6-13-27-16-19/h2-6,8-13,16H,7,14-15,17-18H2,1H3/b29-25+. The first-order chi connectivity index (χ1) is 16.8. The van der Waals surface area contributed by atoms with Crippen LogP contribution in [-0.4, -0.2) is 39.9 Å². The summed E-state index contributed by atoms with van der Waals surface area (Å²) in [7, 11) is 1.70. The summed E-state index contributed by atoms with van der Waals surface area (Å²) < 4.78 is 7.41. The second-order valence-corrected chi connectivity index (χ2v) is 8.00. The zero-order chi connectivity index (χ0) is 23.3. The lowest BCUT2D eigenvalue weighted by Gasteiger charge is -2.17. The van der Waals surface area contributed by atoms with Gasteiger partial charge in [0.15, 0.2) is 5.71 Å². The minimum Gasteiger partial charge on any atom is -0.390 e. The van der Waals surface area contributed by atoms with Gasteiger partial charge in [-0.2, -0.15) is 0 Å². The number of amides is 1. The maximum atomic E-state index is 13.4. The number of carbonyl (C=O) groups is 1. The van der Waals surface area contributed by atoms with Crippen LogP contribution in [0, 0.1) is 0 Å². The van der Waals surface area contributed by atoms with Gasteiger partial charge in [-0.25, -0.2) is 4.98 Å². The highest BCUT2D eigenvalue weighted by atomic mass is 16.6. The molecule has 0 spiro atoms. The predicted molar refractivity (Wildman–Crippen MR) is 129 cm³/mol. The fraction of sp³-hybridized carbons (Fsp3) is 0.231. The number of carbonyl (C=O) groups excluding carboxylic acids is 1. The molecule has 172 valence electrons. The lowest BCUT2D eigenvalue weighted by atomic mass is 10.1. The van der Waals surface area contributed by atoms with Gasteiger partial charge < -0.3 is 14.1 Å². The third-order valence-corrected chi connectivity index (χ3v) is 5.77. The molecular formula is C26H25N5O3. The fourth-order valence-corrected chi connectivity index (χ4v) is 4.17. The first kappa shape index (κ1) is 21.8. The van der Waals surface area contributed by atoms with E-state index in [4.69, 9.17) is 14.6 Å². The van der Waals surface area contributed by atoms with Crippen molar-refractivity contribution in [1.82, 2.24) is 14.5 Å². The number of rotatable bonds is 9. The first-order valence-electron chi connectivity index (χ1n) is 11.2. The molecule has 1 aliphatic heterocycles. The number of imidazole rings is 1. The van der Waals surface area contributed by atoms with Gasteiger partial charge in [0.05, 0.1) is 23.3 Å². The molecule has 0 saturated carbocycles. The fourth-order valence-electron chi connectivity index (χ4n) is 4.17. The number of nitrogens with zero attached hydrogens (tertiary/aromatic N) is 5. The van der Waals surface area contributed by atoms with Gasteiger partial charge in [0.25, 0.3) is 5.91 Å². The Morgan fingerprint density at radius 2 is 1.88 bits per heavy atom. The number of hydrogen-bond acceptors (Lipinski definition) is 6. The van der Waals surface area contributed by atoms with Crippen LogP contribution in [0.25, 0.3) is 11.0 Å². The number of pyridine rings is 1. The van der Waals surface area contributed by atoms with Crippen LogP contribution >= 0.6 is 0 Å². The van der Waals surface area contributed by atoms with Crippen molar-refractivity contribution < 1.29 is 14.4 Å². The van der Waals surface area contributed by atoms with Gasteiger partial charge in [0.2, 0.25) is 0 Å². The Balaban J connectivity index is 1.43. The van der Waals surface area contributed by atoms with Crippen molar-refractivity contribution in [3.05, 3.63) is 90.0 Å². The van der Waals surface area contributed by atoms with Crippen LogP contribution in [0.4, 0.5) is 5.69 Å². The molecule has 1 amide bonds. The molecule has 34 heavy (non-hydrogen) atoms. The molecule has 0 unspecified atom stereocenters. The molecule has 0 N–H and O–H groups in total. The highest BCUT2D eigenvalue weighted by Crippen LogP contribution is 2.31. The van der Waals surface area contributed by atoms with E-state index in [0.717, 1.165) is 46.6 Å². The summed E-state index contributed by atoms with van der Waals surface area (Å²) in [5.41, 5.74) is 4.67. The van der Waals surface area contributed by atoms with E-state index >= 15 is 0 Å². The molecular weight excluding hydrogens is 430 g/mol. The number of ether oxygens (including phenoxy) is 1. The molecule has 4 aromatic rings. The SMILES string of the molecule is COCCCn1c(CN2C(=O)/C(=N/OCc3cccnc3)c3ccccc32)nc2ccccc21. The Morgan fingerprint density at radius 1 is 1.03 bits per heavy atom. The monoisotopic (exact) mass is 455 g/mol. The number of anilines is 1. The van der Waals surface area contributed by atoms with Crippen LogP contribution in [0.3, 0.4) is 0 Å². The number of hydrogen-bond donors (Lipinski definition) is 0. The predicted octanol–water partition coefficient (Wildman–Crippen LogP) is 3.94. The Hall–Kier alpha value is -4.04. The van der Waals surface area contributed by atoms with E-state index < -0.39 is 0 Å². The highest BCUT2D eigenvalue weighted by molar-refractivity contribution is 6.54. The average molecular weight is 456 g/mol. The molecule has 0 bridgehead atoms. The van der Waals surface area contributed by atoms with Gasteiger partial charge in [-0.05, 0) is 30.7 Å². The van der Waals surface area contributed by atoms with Gasteiger partial charge in [0, 0.05) is 43.8 Å². The van der Waals surface area contributed by atoms with Gasteiger partial charge >= 0.3 is 0 Å². The Morgan fingerprint density at radius 3 is 2.74 bits per heavy atom. The Labute approximate surface area is 197 Å². The molecule has 2 aromatic heterocycles. The zero-order valence-corrected chi connectivity index (χ0v) is 18.9. The summed E-state index contributed by atoms with van der Waals surface area (Å²) in [5, 5.41) is 4.21. The quantitative estimate of drug-likeness (QED) is 0.282. The van der Waals surface area contributed by atoms with Crippen molar-refractivity contribution in [1.29, 1.82) is 0 Å². The van der Waals surface area contributed by atoms with E-state index in [2.05, 4.69) is 20.8 Å². The van der Waals surface area contributed by atoms with E-state index in [1.54, 1.807) is 24.4 Å². The summed E-state index contributed by atoms with van der Waals surface area (Å²) in [6, 6.07) is 19.4. The van der Waals surface area contributed by atoms with Crippen LogP contribution in [0.5, 0.6) is 0 Å². The second kappa shape index (κ2) is 9.84. The number of oxime groups is 1. The molecule has 8 nitrogen and oxygen atoms in total. The number of para-hydroxylation sites is 3. The number of aryl methyl sites for hydroxylation is 1. The van der Waals surface area contributed by atoms with Crippen molar-refractivity contribution in [3.8, 4) is 0 Å². The minimum atomic E-state index is -0.206. The number of methoxy groups -OCH3 is 1. The molecule has 5 rings (SSSR count). The van der Waals surface area contributed by atoms with E-state index in [9.17, 15) is 4.79 Å². The lowest BCUT2D eigenvalue weighted by Crippen LogP contribution is -2.31.